The molecular formula is C13H11NO3. The molecule has 0 fully saturated rings. The lowest BCUT2D eigenvalue weighted by Crippen LogP contribution is -2.19. The van der Waals surface area contributed by atoms with E-state index in [1.54, 1.807) is 17.7 Å². The smallest absolute Gasteiger partial charge is 0.341 e. The van der Waals surface area contributed by atoms with Gasteiger partial charge >= 0.3 is 5.97 Å². The van der Waals surface area contributed by atoms with Crippen molar-refractivity contribution < 1.29 is 9.90 Å². The van der Waals surface area contributed by atoms with Crippen molar-refractivity contribution >= 4 is 5.97 Å². The second kappa shape index (κ2) is 4.25. The Kier molecular flexibility index (Phi) is 2.78. The van der Waals surface area contributed by atoms with Crippen molar-refractivity contribution in [2.75, 3.05) is 0 Å². The molecule has 17 heavy (non-hydrogen) atoms. The third-order valence-electron chi connectivity index (χ3n) is 2.59. The Morgan fingerprint density at radius 2 is 1.82 bits per heavy atom. The molecule has 0 atom stereocenters. The molecule has 0 aliphatic rings. The maximum Gasteiger partial charge on any atom is 0.341 e. The summed E-state index contributed by atoms with van der Waals surface area (Å²) < 4.78 is 1.69. The van der Waals surface area contributed by atoms with Crippen molar-refractivity contribution in [2.24, 2.45) is 0 Å². The number of carboxylic acids is 1. The molecule has 0 saturated heterocycles. The van der Waals surface area contributed by atoms with Gasteiger partial charge in [-0.3, -0.25) is 4.79 Å². The Labute approximate surface area is 97.8 Å². The van der Waals surface area contributed by atoms with Gasteiger partial charge in [-0.2, -0.15) is 0 Å². The predicted octanol–water partition coefficient (Wildman–Crippen LogP) is 1.84. The maximum atomic E-state index is 11.5. The molecule has 1 heterocycles. The van der Waals surface area contributed by atoms with E-state index >= 15 is 0 Å². The fraction of sp³-hybridized carbons (Fsp3) is 0.0769. The lowest BCUT2D eigenvalue weighted by molar-refractivity contribution is 0.0694. The number of nitrogens with zero attached hydrogens (tertiary/aromatic N) is 1. The second-order valence-electron chi connectivity index (χ2n) is 3.65. The minimum absolute atomic E-state index is 0.184. The quantitative estimate of drug-likeness (QED) is 0.854. The number of para-hydroxylation sites is 1. The van der Waals surface area contributed by atoms with Gasteiger partial charge in [0.2, 0.25) is 0 Å². The second-order valence-corrected chi connectivity index (χ2v) is 3.65. The molecule has 0 amide bonds. The largest absolute Gasteiger partial charge is 0.477 e. The molecule has 1 aromatic carbocycles. The van der Waals surface area contributed by atoms with E-state index < -0.39 is 11.4 Å². The van der Waals surface area contributed by atoms with Crippen LogP contribution in [0, 0.1) is 6.92 Å². The standard InChI is InChI=1S/C13H11NO3/c1-9-12(13(16)17)11(15)7-8-14(9)10-5-3-2-4-6-10/h2-8H,1H3,(H,16,17). The summed E-state index contributed by atoms with van der Waals surface area (Å²) in [5.74, 6) is -1.20. The summed E-state index contributed by atoms with van der Waals surface area (Å²) in [5, 5.41) is 9.00. The normalized spacial score (nSPS) is 10.2. The highest BCUT2D eigenvalue weighted by molar-refractivity contribution is 5.88. The van der Waals surface area contributed by atoms with E-state index in [2.05, 4.69) is 0 Å². The van der Waals surface area contributed by atoms with Gasteiger partial charge in [0.1, 0.15) is 5.56 Å². The van der Waals surface area contributed by atoms with Crippen LogP contribution in [0.2, 0.25) is 0 Å². The van der Waals surface area contributed by atoms with Crippen LogP contribution in [0.4, 0.5) is 0 Å². The highest BCUT2D eigenvalue weighted by Crippen LogP contribution is 2.11. The van der Waals surface area contributed by atoms with Crippen LogP contribution in [0.15, 0.2) is 47.4 Å². The molecule has 2 rings (SSSR count). The van der Waals surface area contributed by atoms with E-state index in [-0.39, 0.29) is 5.56 Å². The van der Waals surface area contributed by atoms with E-state index in [4.69, 9.17) is 5.11 Å². The van der Waals surface area contributed by atoms with E-state index in [9.17, 15) is 9.59 Å². The van der Waals surface area contributed by atoms with Gasteiger partial charge in [-0.15, -0.1) is 0 Å². The predicted molar refractivity (Wildman–Crippen MR) is 63.7 cm³/mol. The first-order valence-electron chi connectivity index (χ1n) is 5.12. The molecular weight excluding hydrogens is 218 g/mol. The van der Waals surface area contributed by atoms with E-state index in [1.807, 2.05) is 30.3 Å². The van der Waals surface area contributed by atoms with Crippen molar-refractivity contribution in [1.82, 2.24) is 4.57 Å². The zero-order valence-corrected chi connectivity index (χ0v) is 9.25. The van der Waals surface area contributed by atoms with E-state index in [0.717, 1.165) is 5.69 Å². The average molecular weight is 229 g/mol. The SMILES string of the molecule is Cc1c(C(=O)O)c(=O)ccn1-c1ccccc1. The molecule has 0 saturated carbocycles. The highest BCUT2D eigenvalue weighted by Gasteiger charge is 2.14. The van der Waals surface area contributed by atoms with E-state index in [0.29, 0.717) is 5.69 Å². The Hall–Kier alpha value is -2.36. The van der Waals surface area contributed by atoms with Crippen LogP contribution >= 0.6 is 0 Å². The van der Waals surface area contributed by atoms with Crippen molar-refractivity contribution in [3.05, 3.63) is 64.1 Å². The van der Waals surface area contributed by atoms with Crippen molar-refractivity contribution in [3.63, 3.8) is 0 Å². The minimum Gasteiger partial charge on any atom is -0.477 e. The number of rotatable bonds is 2. The van der Waals surface area contributed by atoms with E-state index in [1.165, 1.54) is 6.07 Å². The van der Waals surface area contributed by atoms with Crippen molar-refractivity contribution in [1.29, 1.82) is 0 Å². The zero-order valence-electron chi connectivity index (χ0n) is 9.25. The molecule has 1 aromatic heterocycles. The molecule has 0 aliphatic carbocycles. The molecule has 0 spiro atoms. The van der Waals surface area contributed by atoms with Gasteiger partial charge in [0.15, 0.2) is 5.43 Å². The fourth-order valence-corrected chi connectivity index (χ4v) is 1.76. The summed E-state index contributed by atoms with van der Waals surface area (Å²) in [7, 11) is 0. The first-order valence-corrected chi connectivity index (χ1v) is 5.12. The van der Waals surface area contributed by atoms with Gasteiger partial charge in [-0.1, -0.05) is 18.2 Å². The molecule has 4 heteroatoms. The van der Waals surface area contributed by atoms with Crippen LogP contribution in [0.1, 0.15) is 16.1 Å². The first-order chi connectivity index (χ1) is 8.11. The number of carbonyl (C=O) groups is 1. The first kappa shape index (κ1) is 11.1. The van der Waals surface area contributed by atoms with Crippen LogP contribution in [0.3, 0.4) is 0 Å². The van der Waals surface area contributed by atoms with Gasteiger partial charge in [0.25, 0.3) is 0 Å². The van der Waals surface area contributed by atoms with Crippen LogP contribution in [0.25, 0.3) is 5.69 Å². The Morgan fingerprint density at radius 3 is 2.41 bits per heavy atom. The molecule has 2 aromatic rings. The van der Waals surface area contributed by atoms with Gasteiger partial charge < -0.3 is 9.67 Å². The van der Waals surface area contributed by atoms with Crippen molar-refractivity contribution in [3.8, 4) is 5.69 Å². The van der Waals surface area contributed by atoms with Crippen LogP contribution in [-0.2, 0) is 0 Å². The average Bonchev–Trinajstić information content (AvgIpc) is 2.30. The fourth-order valence-electron chi connectivity index (χ4n) is 1.76. The topological polar surface area (TPSA) is 59.3 Å². The molecule has 1 N–H and O–H groups in total. The monoisotopic (exact) mass is 229 g/mol. The summed E-state index contributed by atoms with van der Waals surface area (Å²) in [6, 6.07) is 10.6. The minimum atomic E-state index is -1.20. The summed E-state index contributed by atoms with van der Waals surface area (Å²) in [5.41, 5.74) is 0.599. The van der Waals surface area contributed by atoms with Gasteiger partial charge in [-0.05, 0) is 19.1 Å². The zero-order chi connectivity index (χ0) is 12.4. The Morgan fingerprint density at radius 1 is 1.18 bits per heavy atom. The maximum absolute atomic E-state index is 11.5. The number of aromatic carboxylic acids is 1. The number of carboxylic acid groups (broad SMARTS) is 1. The molecule has 86 valence electrons. The number of aromatic nitrogens is 1. The van der Waals surface area contributed by atoms with Gasteiger partial charge in [-0.25, -0.2) is 4.79 Å². The summed E-state index contributed by atoms with van der Waals surface area (Å²) in [4.78, 5) is 22.5. The van der Waals surface area contributed by atoms with Crippen LogP contribution < -0.4 is 5.43 Å². The Bertz CT molecular complexity index is 614. The number of hydrogen-bond donors (Lipinski definition) is 1. The molecule has 0 aliphatic heterocycles. The third-order valence-corrected chi connectivity index (χ3v) is 2.59. The summed E-state index contributed by atoms with van der Waals surface area (Å²) in [6.07, 6.45) is 1.58. The lowest BCUT2D eigenvalue weighted by atomic mass is 10.2. The molecule has 0 unspecified atom stereocenters. The summed E-state index contributed by atoms with van der Waals surface area (Å²) >= 11 is 0. The van der Waals surface area contributed by atoms with Crippen LogP contribution in [0.5, 0.6) is 0 Å². The van der Waals surface area contributed by atoms with Crippen molar-refractivity contribution in [2.45, 2.75) is 6.92 Å². The van der Waals surface area contributed by atoms with Gasteiger partial charge in [0, 0.05) is 23.6 Å². The highest BCUT2D eigenvalue weighted by atomic mass is 16.4. The van der Waals surface area contributed by atoms with Crippen LogP contribution in [-0.4, -0.2) is 15.6 Å². The lowest BCUT2D eigenvalue weighted by Gasteiger charge is -2.11. The Balaban J connectivity index is 2.70. The number of benzene rings is 1. The number of pyridine rings is 1. The summed E-state index contributed by atoms with van der Waals surface area (Å²) in [6.45, 7) is 1.62. The molecule has 0 radical (unpaired) electrons. The third kappa shape index (κ3) is 1.97. The molecule has 4 nitrogen and oxygen atoms in total. The number of hydrogen-bond acceptors (Lipinski definition) is 2. The van der Waals surface area contributed by atoms with Gasteiger partial charge in [0.05, 0.1) is 0 Å². The molecule has 0 bridgehead atoms.